The number of aliphatic imine (C=N–C) groups is 1. The molecule has 1 aliphatic carbocycles. The Balaban J connectivity index is 1.24. The van der Waals surface area contributed by atoms with Gasteiger partial charge >= 0.3 is 0 Å². The van der Waals surface area contributed by atoms with Crippen LogP contribution in [0.5, 0.6) is 0 Å². The Morgan fingerprint density at radius 3 is 2.67 bits per heavy atom. The van der Waals surface area contributed by atoms with Crippen LogP contribution in [0.15, 0.2) is 27.8 Å². The Kier molecular flexibility index (Phi) is 8.09. The van der Waals surface area contributed by atoms with E-state index in [0.29, 0.717) is 12.0 Å². The van der Waals surface area contributed by atoms with Crippen LogP contribution in [0.1, 0.15) is 57.6 Å². The summed E-state index contributed by atoms with van der Waals surface area (Å²) < 4.78 is 11.0. The Hall–Kier alpha value is -1.53. The van der Waals surface area contributed by atoms with Gasteiger partial charge in [0.25, 0.3) is 0 Å². The van der Waals surface area contributed by atoms with Gasteiger partial charge in [0.1, 0.15) is 5.76 Å². The standard InChI is InChI=1S/C24H40N4O2/c1-19-9-13-28(14-10-19)22-6-4-21(5-7-22)27-24(26-17-20-11-16-29-18-20)25-12-8-23-3-2-15-30-23/h2-3,15,19-22H,4-14,16-18H2,1H3,(H2,25,26,27). The monoisotopic (exact) mass is 416 g/mol. The van der Waals surface area contributed by atoms with E-state index in [9.17, 15) is 0 Å². The third-order valence-electron chi connectivity index (χ3n) is 7.15. The molecule has 6 heteroatoms. The molecule has 2 N–H and O–H groups in total. The molecule has 3 aliphatic rings. The third kappa shape index (κ3) is 6.48. The molecular formula is C24H40N4O2. The highest BCUT2D eigenvalue weighted by molar-refractivity contribution is 5.80. The van der Waals surface area contributed by atoms with Crippen molar-refractivity contribution in [3.05, 3.63) is 24.2 Å². The van der Waals surface area contributed by atoms with E-state index in [4.69, 9.17) is 14.1 Å². The van der Waals surface area contributed by atoms with Crippen molar-refractivity contribution >= 4 is 5.96 Å². The Bertz CT molecular complexity index is 626. The minimum Gasteiger partial charge on any atom is -0.469 e. The van der Waals surface area contributed by atoms with Crippen molar-refractivity contribution in [2.24, 2.45) is 16.8 Å². The van der Waals surface area contributed by atoms with Gasteiger partial charge in [-0.25, -0.2) is 0 Å². The van der Waals surface area contributed by atoms with Gasteiger partial charge in [0, 0.05) is 44.1 Å². The Morgan fingerprint density at radius 2 is 1.97 bits per heavy atom. The molecule has 0 radical (unpaired) electrons. The average Bonchev–Trinajstić information content (AvgIpc) is 3.47. The topological polar surface area (TPSA) is 62.0 Å². The predicted molar refractivity (Wildman–Crippen MR) is 121 cm³/mol. The third-order valence-corrected chi connectivity index (χ3v) is 7.15. The maximum atomic E-state index is 5.52. The van der Waals surface area contributed by atoms with Gasteiger partial charge in [-0.3, -0.25) is 4.99 Å². The summed E-state index contributed by atoms with van der Waals surface area (Å²) in [6, 6.07) is 5.30. The van der Waals surface area contributed by atoms with Gasteiger partial charge < -0.3 is 24.7 Å². The molecule has 2 saturated heterocycles. The second-order valence-corrected chi connectivity index (χ2v) is 9.54. The van der Waals surface area contributed by atoms with Crippen LogP contribution in [0.3, 0.4) is 0 Å². The molecular weight excluding hydrogens is 376 g/mol. The molecule has 1 aromatic rings. The van der Waals surface area contributed by atoms with Gasteiger partial charge in [-0.1, -0.05) is 6.92 Å². The number of likely N-dealkylation sites (tertiary alicyclic amines) is 1. The summed E-state index contributed by atoms with van der Waals surface area (Å²) in [5.41, 5.74) is 0. The summed E-state index contributed by atoms with van der Waals surface area (Å²) in [6.07, 6.45) is 11.6. The molecule has 1 aromatic heterocycles. The number of piperidine rings is 1. The lowest BCUT2D eigenvalue weighted by Gasteiger charge is -2.40. The van der Waals surface area contributed by atoms with Crippen molar-refractivity contribution in [3.63, 3.8) is 0 Å². The van der Waals surface area contributed by atoms with E-state index in [1.807, 2.05) is 12.1 Å². The first-order valence-corrected chi connectivity index (χ1v) is 12.2. The largest absolute Gasteiger partial charge is 0.469 e. The first-order chi connectivity index (χ1) is 14.8. The molecule has 4 rings (SSSR count). The van der Waals surface area contributed by atoms with Crippen molar-refractivity contribution < 1.29 is 9.15 Å². The maximum Gasteiger partial charge on any atom is 0.191 e. The Labute approximate surface area is 181 Å². The van der Waals surface area contributed by atoms with Crippen LogP contribution in [0, 0.1) is 11.8 Å². The van der Waals surface area contributed by atoms with E-state index >= 15 is 0 Å². The Morgan fingerprint density at radius 1 is 1.13 bits per heavy atom. The summed E-state index contributed by atoms with van der Waals surface area (Å²) in [5.74, 6) is 3.45. The van der Waals surface area contributed by atoms with Gasteiger partial charge in [0.05, 0.1) is 12.9 Å². The van der Waals surface area contributed by atoms with Crippen LogP contribution in [0.4, 0.5) is 0 Å². The van der Waals surface area contributed by atoms with Gasteiger partial charge in [-0.05, 0) is 76.1 Å². The molecule has 2 aliphatic heterocycles. The molecule has 3 fully saturated rings. The normalized spacial score (nSPS) is 29.2. The number of nitrogens with zero attached hydrogens (tertiary/aromatic N) is 2. The SMILES string of the molecule is CC1CCN(C2CCC(NC(=NCC3CCOC3)NCCc3ccco3)CC2)CC1. The van der Waals surface area contributed by atoms with E-state index < -0.39 is 0 Å². The molecule has 1 saturated carbocycles. The first kappa shape index (κ1) is 21.7. The summed E-state index contributed by atoms with van der Waals surface area (Å²) in [7, 11) is 0. The second kappa shape index (κ2) is 11.2. The number of hydrogen-bond acceptors (Lipinski definition) is 4. The summed E-state index contributed by atoms with van der Waals surface area (Å²) >= 11 is 0. The highest BCUT2D eigenvalue weighted by atomic mass is 16.5. The van der Waals surface area contributed by atoms with E-state index in [2.05, 4.69) is 22.5 Å². The van der Waals surface area contributed by atoms with E-state index in [1.54, 1.807) is 6.26 Å². The fraction of sp³-hybridized carbons (Fsp3) is 0.792. The number of furan rings is 1. The summed E-state index contributed by atoms with van der Waals surface area (Å²) in [4.78, 5) is 7.67. The van der Waals surface area contributed by atoms with Gasteiger partial charge in [-0.2, -0.15) is 0 Å². The zero-order valence-electron chi connectivity index (χ0n) is 18.7. The van der Waals surface area contributed by atoms with Crippen molar-refractivity contribution in [3.8, 4) is 0 Å². The fourth-order valence-electron chi connectivity index (χ4n) is 5.03. The minimum atomic E-state index is 0.527. The fourth-order valence-corrected chi connectivity index (χ4v) is 5.03. The lowest BCUT2D eigenvalue weighted by Crippen LogP contribution is -2.49. The molecule has 0 aromatic carbocycles. The number of guanidine groups is 1. The quantitative estimate of drug-likeness (QED) is 0.527. The van der Waals surface area contributed by atoms with Crippen molar-refractivity contribution in [2.75, 3.05) is 39.4 Å². The molecule has 0 amide bonds. The van der Waals surface area contributed by atoms with Crippen LogP contribution in [0.25, 0.3) is 0 Å². The molecule has 1 unspecified atom stereocenters. The zero-order chi connectivity index (χ0) is 20.6. The van der Waals surface area contributed by atoms with Crippen LogP contribution in [-0.2, 0) is 11.2 Å². The summed E-state index contributed by atoms with van der Waals surface area (Å²) in [6.45, 7) is 8.41. The highest BCUT2D eigenvalue weighted by Gasteiger charge is 2.28. The smallest absolute Gasteiger partial charge is 0.191 e. The molecule has 6 nitrogen and oxygen atoms in total. The maximum absolute atomic E-state index is 5.52. The first-order valence-electron chi connectivity index (χ1n) is 12.2. The van der Waals surface area contributed by atoms with Gasteiger partial charge in [0.15, 0.2) is 5.96 Å². The number of nitrogens with one attached hydrogen (secondary N) is 2. The van der Waals surface area contributed by atoms with Crippen molar-refractivity contribution in [1.29, 1.82) is 0 Å². The average molecular weight is 417 g/mol. The van der Waals surface area contributed by atoms with Gasteiger partial charge in [-0.15, -0.1) is 0 Å². The predicted octanol–water partition coefficient (Wildman–Crippen LogP) is 3.44. The lowest BCUT2D eigenvalue weighted by atomic mass is 9.88. The molecule has 3 heterocycles. The van der Waals surface area contributed by atoms with E-state index in [1.165, 1.54) is 51.6 Å². The molecule has 0 spiro atoms. The zero-order valence-corrected chi connectivity index (χ0v) is 18.7. The van der Waals surface area contributed by atoms with E-state index in [0.717, 1.165) is 62.8 Å². The van der Waals surface area contributed by atoms with Crippen molar-refractivity contribution in [1.82, 2.24) is 15.5 Å². The second-order valence-electron chi connectivity index (χ2n) is 9.54. The lowest BCUT2D eigenvalue weighted by molar-refractivity contribution is 0.105. The van der Waals surface area contributed by atoms with E-state index in [-0.39, 0.29) is 0 Å². The molecule has 168 valence electrons. The van der Waals surface area contributed by atoms with Gasteiger partial charge in [0.2, 0.25) is 0 Å². The molecule has 30 heavy (non-hydrogen) atoms. The highest BCUT2D eigenvalue weighted by Crippen LogP contribution is 2.27. The summed E-state index contributed by atoms with van der Waals surface area (Å²) in [5, 5.41) is 7.28. The van der Waals surface area contributed by atoms with Crippen LogP contribution < -0.4 is 10.6 Å². The van der Waals surface area contributed by atoms with Crippen LogP contribution >= 0.6 is 0 Å². The number of rotatable bonds is 7. The molecule has 1 atom stereocenters. The van der Waals surface area contributed by atoms with Crippen LogP contribution in [0.2, 0.25) is 0 Å². The number of ether oxygens (including phenoxy) is 1. The molecule has 0 bridgehead atoms. The number of hydrogen-bond donors (Lipinski definition) is 2. The minimum absolute atomic E-state index is 0.527. The van der Waals surface area contributed by atoms with Crippen LogP contribution in [-0.4, -0.2) is 62.3 Å². The van der Waals surface area contributed by atoms with Crippen molar-refractivity contribution in [2.45, 2.75) is 70.4 Å².